The first-order valence-corrected chi connectivity index (χ1v) is 8.05. The second kappa shape index (κ2) is 5.60. The van der Waals surface area contributed by atoms with Crippen LogP contribution in [0.2, 0.25) is 0 Å². The highest BCUT2D eigenvalue weighted by Crippen LogP contribution is 2.39. The van der Waals surface area contributed by atoms with Crippen molar-refractivity contribution in [3.63, 3.8) is 0 Å². The van der Waals surface area contributed by atoms with Gasteiger partial charge in [0.25, 0.3) is 0 Å². The van der Waals surface area contributed by atoms with Gasteiger partial charge >= 0.3 is 0 Å². The van der Waals surface area contributed by atoms with Crippen LogP contribution in [0.15, 0.2) is 48.5 Å². The summed E-state index contributed by atoms with van der Waals surface area (Å²) in [5.74, 6) is 0.634. The number of hydrogen-bond donors (Lipinski definition) is 2. The molecule has 1 aromatic heterocycles. The van der Waals surface area contributed by atoms with Gasteiger partial charge in [-0.15, -0.1) is 0 Å². The van der Waals surface area contributed by atoms with Crippen LogP contribution in [-0.4, -0.2) is 21.5 Å². The number of phenols is 1. The lowest BCUT2D eigenvalue weighted by Gasteiger charge is -2.29. The molecule has 4 rings (SSSR count). The maximum atomic E-state index is 9.95. The zero-order chi connectivity index (χ0) is 16.7. The number of phenolic OH excluding ortho intramolecular Hbond substituents is 1. The SMILES string of the molecule is CCOc1cc([C@H]2Nc3ccccc3-c3cc(C)nn32)ccc1O. The number of anilines is 1. The molecular formula is C19H19N3O2. The zero-order valence-corrected chi connectivity index (χ0v) is 13.7. The van der Waals surface area contributed by atoms with E-state index in [1.54, 1.807) is 6.07 Å². The lowest BCUT2D eigenvalue weighted by Crippen LogP contribution is -2.25. The summed E-state index contributed by atoms with van der Waals surface area (Å²) in [5, 5.41) is 18.1. The van der Waals surface area contributed by atoms with Crippen molar-refractivity contribution in [1.29, 1.82) is 0 Å². The van der Waals surface area contributed by atoms with Crippen LogP contribution in [0, 0.1) is 6.92 Å². The summed E-state index contributed by atoms with van der Waals surface area (Å²) >= 11 is 0. The smallest absolute Gasteiger partial charge is 0.161 e. The molecule has 0 saturated heterocycles. The number of rotatable bonds is 3. The number of para-hydroxylation sites is 1. The molecular weight excluding hydrogens is 302 g/mol. The Morgan fingerprint density at radius 1 is 1.21 bits per heavy atom. The number of aromatic hydroxyl groups is 1. The summed E-state index contributed by atoms with van der Waals surface area (Å²) in [6.45, 7) is 4.40. The number of benzene rings is 2. The van der Waals surface area contributed by atoms with E-state index in [-0.39, 0.29) is 11.9 Å². The lowest BCUT2D eigenvalue weighted by molar-refractivity contribution is 0.317. The Hall–Kier alpha value is -2.95. The number of hydrogen-bond acceptors (Lipinski definition) is 4. The normalized spacial score (nSPS) is 15.3. The molecule has 0 amide bonds. The minimum atomic E-state index is -0.150. The molecule has 0 bridgehead atoms. The first-order valence-electron chi connectivity index (χ1n) is 8.05. The topological polar surface area (TPSA) is 59.3 Å². The molecule has 1 aliphatic rings. The van der Waals surface area contributed by atoms with Gasteiger partial charge < -0.3 is 15.2 Å². The average molecular weight is 321 g/mol. The van der Waals surface area contributed by atoms with E-state index in [0.29, 0.717) is 12.4 Å². The Morgan fingerprint density at radius 2 is 2.04 bits per heavy atom. The van der Waals surface area contributed by atoms with Gasteiger partial charge in [0, 0.05) is 16.8 Å². The second-order valence-electron chi connectivity index (χ2n) is 5.87. The zero-order valence-electron chi connectivity index (χ0n) is 13.7. The summed E-state index contributed by atoms with van der Waals surface area (Å²) in [7, 11) is 0. The van der Waals surface area contributed by atoms with Gasteiger partial charge in [0.1, 0.15) is 6.17 Å². The highest BCUT2D eigenvalue weighted by Gasteiger charge is 2.26. The van der Waals surface area contributed by atoms with Crippen molar-refractivity contribution in [2.24, 2.45) is 0 Å². The molecule has 5 heteroatoms. The average Bonchev–Trinajstić information content (AvgIpc) is 2.98. The largest absolute Gasteiger partial charge is 0.504 e. The summed E-state index contributed by atoms with van der Waals surface area (Å²) < 4.78 is 7.51. The van der Waals surface area contributed by atoms with Crippen LogP contribution in [0.1, 0.15) is 24.3 Å². The molecule has 0 radical (unpaired) electrons. The van der Waals surface area contributed by atoms with Gasteiger partial charge in [-0.2, -0.15) is 5.10 Å². The standard InChI is InChI=1S/C19H19N3O2/c1-3-24-18-11-13(8-9-17(18)23)19-20-15-7-5-4-6-14(15)16-10-12(2)21-22(16)19/h4-11,19-20,23H,3H2,1-2H3/t19-/m0/s1. The first kappa shape index (κ1) is 14.6. The number of nitrogens with one attached hydrogen (secondary N) is 1. The summed E-state index contributed by atoms with van der Waals surface area (Å²) in [6, 6.07) is 15.7. The third-order valence-electron chi connectivity index (χ3n) is 4.20. The van der Waals surface area contributed by atoms with Crippen LogP contribution in [-0.2, 0) is 0 Å². The molecule has 0 spiro atoms. The summed E-state index contributed by atoms with van der Waals surface area (Å²) in [4.78, 5) is 0. The van der Waals surface area contributed by atoms with Crippen LogP contribution in [0.4, 0.5) is 5.69 Å². The summed E-state index contributed by atoms with van der Waals surface area (Å²) in [5.41, 5.74) is 5.24. The van der Waals surface area contributed by atoms with Crippen LogP contribution >= 0.6 is 0 Å². The van der Waals surface area contributed by atoms with Crippen molar-refractivity contribution in [3.8, 4) is 22.8 Å². The van der Waals surface area contributed by atoms with Gasteiger partial charge in [-0.05, 0) is 38.1 Å². The van der Waals surface area contributed by atoms with Gasteiger partial charge in [-0.25, -0.2) is 4.68 Å². The van der Waals surface area contributed by atoms with E-state index in [9.17, 15) is 5.11 Å². The molecule has 1 atom stereocenters. The van der Waals surface area contributed by atoms with Crippen molar-refractivity contribution in [2.75, 3.05) is 11.9 Å². The van der Waals surface area contributed by atoms with E-state index in [1.165, 1.54) is 0 Å². The van der Waals surface area contributed by atoms with Crippen LogP contribution in [0.3, 0.4) is 0 Å². The first-order chi connectivity index (χ1) is 11.7. The van der Waals surface area contributed by atoms with Gasteiger partial charge in [0.05, 0.1) is 18.0 Å². The van der Waals surface area contributed by atoms with Crippen molar-refractivity contribution < 1.29 is 9.84 Å². The maximum Gasteiger partial charge on any atom is 0.161 e. The number of ether oxygens (including phenoxy) is 1. The Balaban J connectivity index is 1.84. The highest BCUT2D eigenvalue weighted by molar-refractivity contribution is 5.78. The van der Waals surface area contributed by atoms with Crippen LogP contribution in [0.25, 0.3) is 11.3 Å². The van der Waals surface area contributed by atoms with Gasteiger partial charge in [0.15, 0.2) is 11.5 Å². The molecule has 5 nitrogen and oxygen atoms in total. The Labute approximate surface area is 140 Å². The fourth-order valence-corrected chi connectivity index (χ4v) is 3.15. The molecule has 2 aromatic carbocycles. The quantitative estimate of drug-likeness (QED) is 0.767. The number of fused-ring (bicyclic) bond motifs is 3. The number of aromatic nitrogens is 2. The van der Waals surface area contributed by atoms with Gasteiger partial charge in [-0.3, -0.25) is 0 Å². The van der Waals surface area contributed by atoms with Crippen molar-refractivity contribution in [2.45, 2.75) is 20.0 Å². The molecule has 2 heterocycles. The second-order valence-corrected chi connectivity index (χ2v) is 5.87. The minimum absolute atomic E-state index is 0.147. The van der Waals surface area contributed by atoms with Crippen molar-refractivity contribution in [1.82, 2.24) is 9.78 Å². The molecule has 3 aromatic rings. The monoisotopic (exact) mass is 321 g/mol. The van der Waals surface area contributed by atoms with Crippen LogP contribution in [0.5, 0.6) is 11.5 Å². The highest BCUT2D eigenvalue weighted by atomic mass is 16.5. The maximum absolute atomic E-state index is 9.95. The molecule has 0 fully saturated rings. The minimum Gasteiger partial charge on any atom is -0.504 e. The Morgan fingerprint density at radius 3 is 2.88 bits per heavy atom. The van der Waals surface area contributed by atoms with E-state index in [4.69, 9.17) is 4.74 Å². The fourth-order valence-electron chi connectivity index (χ4n) is 3.15. The lowest BCUT2D eigenvalue weighted by atomic mass is 10.0. The third kappa shape index (κ3) is 2.29. The molecule has 1 aliphatic heterocycles. The van der Waals surface area contributed by atoms with E-state index in [2.05, 4.69) is 28.6 Å². The van der Waals surface area contributed by atoms with E-state index < -0.39 is 0 Å². The molecule has 0 unspecified atom stereocenters. The predicted molar refractivity (Wildman–Crippen MR) is 93.4 cm³/mol. The Bertz CT molecular complexity index is 901. The molecule has 0 saturated carbocycles. The van der Waals surface area contributed by atoms with Crippen LogP contribution < -0.4 is 10.1 Å². The van der Waals surface area contributed by atoms with E-state index in [0.717, 1.165) is 28.2 Å². The van der Waals surface area contributed by atoms with Gasteiger partial charge in [-0.1, -0.05) is 24.3 Å². The fraction of sp³-hybridized carbons (Fsp3) is 0.211. The molecule has 0 aliphatic carbocycles. The van der Waals surface area contributed by atoms with Crippen molar-refractivity contribution in [3.05, 3.63) is 59.8 Å². The number of nitrogens with zero attached hydrogens (tertiary/aromatic N) is 2. The number of aryl methyl sites for hydroxylation is 1. The predicted octanol–water partition coefficient (Wildman–Crippen LogP) is 3.94. The van der Waals surface area contributed by atoms with E-state index in [1.807, 2.05) is 42.8 Å². The van der Waals surface area contributed by atoms with Crippen molar-refractivity contribution >= 4 is 5.69 Å². The molecule has 122 valence electrons. The van der Waals surface area contributed by atoms with E-state index >= 15 is 0 Å². The third-order valence-corrected chi connectivity index (χ3v) is 4.20. The molecule has 2 N–H and O–H groups in total. The Kier molecular flexibility index (Phi) is 3.41. The van der Waals surface area contributed by atoms with Gasteiger partial charge in [0.2, 0.25) is 0 Å². The summed E-state index contributed by atoms with van der Waals surface area (Å²) in [6.07, 6.45) is -0.150. The molecule has 24 heavy (non-hydrogen) atoms.